The fourth-order valence-corrected chi connectivity index (χ4v) is 11.1. The van der Waals surface area contributed by atoms with Crippen molar-refractivity contribution in [3.8, 4) is 11.5 Å². The van der Waals surface area contributed by atoms with Gasteiger partial charge in [-0.15, -0.1) is 0 Å². The summed E-state index contributed by atoms with van der Waals surface area (Å²) in [6, 6.07) is 19.3. The Balaban J connectivity index is 1.67. The molecule has 4 rings (SSSR count). The van der Waals surface area contributed by atoms with Gasteiger partial charge in [-0.3, -0.25) is 9.59 Å². The predicted octanol–water partition coefficient (Wildman–Crippen LogP) is 7.97. The number of amides is 2. The summed E-state index contributed by atoms with van der Waals surface area (Å²) in [5.74, 6) is -5.02. The van der Waals surface area contributed by atoms with Crippen LogP contribution in [0.15, 0.2) is 97.1 Å². The second-order valence-corrected chi connectivity index (χ2v) is 28.3. The van der Waals surface area contributed by atoms with E-state index in [1.807, 2.05) is 0 Å². The van der Waals surface area contributed by atoms with Crippen molar-refractivity contribution < 1.29 is 93.1 Å². The first-order valence-electron chi connectivity index (χ1n) is 28.5. The van der Waals surface area contributed by atoms with Crippen molar-refractivity contribution in [2.45, 2.75) is 157 Å². The van der Waals surface area contributed by atoms with Gasteiger partial charge in [0.25, 0.3) is 0 Å². The lowest BCUT2D eigenvalue weighted by Crippen LogP contribution is -2.56. The van der Waals surface area contributed by atoms with Gasteiger partial charge in [-0.2, -0.15) is 34.1 Å². The first-order chi connectivity index (χ1) is 41.5. The molecule has 0 aromatic heterocycles. The number of nitrogens with two attached hydrogens (primary N) is 2. The maximum atomic E-state index is 15.1. The van der Waals surface area contributed by atoms with Crippen molar-refractivity contribution in [3.05, 3.63) is 119 Å². The lowest BCUT2D eigenvalue weighted by atomic mass is 10.1. The van der Waals surface area contributed by atoms with Gasteiger partial charge in [0.15, 0.2) is 12.1 Å². The number of nitrogen functional groups attached to an aromatic ring is 2. The number of ketones is 2. The summed E-state index contributed by atoms with van der Waals surface area (Å²) in [6.07, 6.45) is -4.58. The van der Waals surface area contributed by atoms with Crippen molar-refractivity contribution in [1.82, 2.24) is 17.2 Å². The van der Waals surface area contributed by atoms with Gasteiger partial charge in [0.1, 0.15) is 45.5 Å². The maximum absolute atomic E-state index is 15.1. The Morgan fingerprint density at radius 1 is 0.422 bits per heavy atom. The van der Waals surface area contributed by atoms with E-state index in [1.54, 1.807) is 0 Å². The quantitative estimate of drug-likeness (QED) is 0.0171. The molecule has 90 heavy (non-hydrogen) atoms. The Morgan fingerprint density at radius 2 is 0.711 bits per heavy atom. The first kappa shape index (κ1) is 74.4. The molecule has 28 heteroatoms. The molecule has 2 atom stereocenters. The summed E-state index contributed by atoms with van der Waals surface area (Å²) in [5, 5.41) is 0. The summed E-state index contributed by atoms with van der Waals surface area (Å²) >= 11 is 0. The topological polar surface area (TPSA) is 344 Å². The van der Waals surface area contributed by atoms with Crippen LogP contribution in [0.5, 0.6) is 11.5 Å². The highest BCUT2D eigenvalue weighted by Crippen LogP contribution is 2.28. The molecular weight excluding hydrogens is 1210 g/mol. The van der Waals surface area contributed by atoms with Crippen LogP contribution in [-0.4, -0.2) is 156 Å². The van der Waals surface area contributed by atoms with Crippen LogP contribution in [0.1, 0.15) is 142 Å². The molecule has 0 aliphatic heterocycles. The molecule has 0 spiro atoms. The van der Waals surface area contributed by atoms with Gasteiger partial charge in [0.2, 0.25) is 0 Å². The first-order valence-corrected chi connectivity index (χ1v) is 31.3. The summed E-state index contributed by atoms with van der Waals surface area (Å²) in [4.78, 5) is 107. The van der Waals surface area contributed by atoms with Crippen LogP contribution >= 0.6 is 0 Å². The third-order valence-corrected chi connectivity index (χ3v) is 15.5. The second-order valence-electron chi connectivity index (χ2n) is 24.7. The molecule has 4 aromatic rings. The minimum absolute atomic E-state index is 0.0870. The number of carbonyl (C=O) groups excluding carboxylic acids is 8. The molecule has 0 heterocycles. The van der Waals surface area contributed by atoms with Gasteiger partial charge < -0.3 is 49.4 Å². The van der Waals surface area contributed by atoms with E-state index < -0.39 is 155 Å². The van der Waals surface area contributed by atoms with E-state index in [2.05, 4.69) is 0 Å². The lowest BCUT2D eigenvalue weighted by molar-refractivity contribution is -0.161. The average molecular weight is 1300 g/mol. The number of ether oxygens (including phenoxy) is 8. The molecule has 0 aliphatic rings. The normalized spacial score (nSPS) is 12.9. The number of carbonyl (C=O) groups is 8. The minimum atomic E-state index is -5.21. The van der Waals surface area contributed by atoms with Crippen molar-refractivity contribution in [2.75, 3.05) is 51.0 Å². The predicted molar refractivity (Wildman–Crippen MR) is 331 cm³/mol. The molecule has 0 fully saturated rings. The van der Waals surface area contributed by atoms with E-state index >= 15 is 16.8 Å². The number of benzene rings is 4. The highest BCUT2D eigenvalue weighted by atomic mass is 32.2. The Kier molecular flexibility index (Phi) is 26.2. The summed E-state index contributed by atoms with van der Waals surface area (Å²) < 4.78 is 107. The fraction of sp³-hybridized carbons (Fsp3) is 0.484. The molecule has 0 unspecified atom stereocenters. The molecule has 26 nitrogen and oxygen atoms in total. The van der Waals surface area contributed by atoms with Gasteiger partial charge in [-0.1, -0.05) is 24.3 Å². The van der Waals surface area contributed by atoms with E-state index in [0.29, 0.717) is 11.4 Å². The fourth-order valence-electron chi connectivity index (χ4n) is 7.95. The monoisotopic (exact) mass is 1300 g/mol. The average Bonchev–Trinajstić information content (AvgIpc) is 0.795. The number of hydrogen-bond acceptors (Lipinski definition) is 22. The van der Waals surface area contributed by atoms with E-state index in [-0.39, 0.29) is 55.6 Å². The van der Waals surface area contributed by atoms with Crippen LogP contribution in [-0.2, 0) is 81.1 Å². The molecule has 494 valence electrons. The Morgan fingerprint density at radius 3 is 0.978 bits per heavy atom. The highest BCUT2D eigenvalue weighted by molar-refractivity contribution is 7.87. The van der Waals surface area contributed by atoms with E-state index in [4.69, 9.17) is 49.4 Å². The van der Waals surface area contributed by atoms with Gasteiger partial charge in [0.05, 0.1) is 37.6 Å². The van der Waals surface area contributed by atoms with Crippen molar-refractivity contribution in [3.63, 3.8) is 0 Å². The van der Waals surface area contributed by atoms with Crippen molar-refractivity contribution in [2.24, 2.45) is 0 Å². The van der Waals surface area contributed by atoms with Crippen LogP contribution in [0.25, 0.3) is 0 Å². The number of nitrogens with zero attached hydrogens (tertiary/aromatic N) is 4. The summed E-state index contributed by atoms with van der Waals surface area (Å²) in [6.45, 7) is 16.7. The standard InChI is InChI=1S/C62H84N6O20S2/c1-41(69)37-51(55(73)85-59(3,4)5)67(57(75)87-61(9,10)11)89(77,78)65(39-43-15-27-49(28-16-43)83-53(71)45-19-23-47(63)24-20-45)31-33-81-35-36-82-34-32-66(40-44-17-29-50(30-18-44)84-54(72)46-21-25-48(64)26-22-46)90(79,80)68(58(76)88-62(12,13)14)52(38-42(2)70)56(74)86-60(6,7)8/h15-30,51-52H,31-40,63-64H2,1-14H3/t51-,52-/m0/s1. The Labute approximate surface area is 526 Å². The number of rotatable bonds is 29. The van der Waals surface area contributed by atoms with E-state index in [0.717, 1.165) is 22.5 Å². The van der Waals surface area contributed by atoms with Crippen LogP contribution in [0.3, 0.4) is 0 Å². The van der Waals surface area contributed by atoms with Gasteiger partial charge in [-0.25, -0.2) is 28.8 Å². The third kappa shape index (κ3) is 24.4. The molecule has 0 aliphatic carbocycles. The lowest BCUT2D eigenvalue weighted by Gasteiger charge is -2.36. The number of anilines is 2. The maximum Gasteiger partial charge on any atom is 0.425 e. The number of hydrogen-bond donors (Lipinski definition) is 2. The zero-order valence-electron chi connectivity index (χ0n) is 53.4. The minimum Gasteiger partial charge on any atom is -0.458 e. The Bertz CT molecular complexity index is 3150. The highest BCUT2D eigenvalue weighted by Gasteiger charge is 2.48. The molecule has 0 saturated heterocycles. The summed E-state index contributed by atoms with van der Waals surface area (Å²) in [7, 11) is -10.4. The van der Waals surface area contributed by atoms with Gasteiger partial charge >= 0.3 is 56.5 Å². The zero-order chi connectivity index (χ0) is 67.7. The SMILES string of the molecule is CC(=O)C[C@@H](C(=O)OC(C)(C)C)N(C(=O)OC(C)(C)C)S(=O)(=O)N(CCOCCOCCN(Cc1ccc(OC(=O)c2ccc(N)cc2)cc1)S(=O)(=O)N(C(=O)OC(C)(C)C)[C@@H](CC(C)=O)C(=O)OC(C)(C)C)Cc1ccc(OC(=O)c2ccc(N)cc2)cc1. The third-order valence-electron chi connectivity index (χ3n) is 11.8. The van der Waals surface area contributed by atoms with E-state index in [1.165, 1.54) is 180 Å². The van der Waals surface area contributed by atoms with Gasteiger partial charge in [-0.05, 0) is 181 Å². The molecule has 0 saturated carbocycles. The van der Waals surface area contributed by atoms with Crippen LogP contribution in [0, 0.1) is 0 Å². The van der Waals surface area contributed by atoms with Crippen LogP contribution in [0.4, 0.5) is 21.0 Å². The van der Waals surface area contributed by atoms with Crippen molar-refractivity contribution >= 4 is 79.4 Å². The molecule has 2 amide bonds. The smallest absolute Gasteiger partial charge is 0.425 e. The molecule has 0 bridgehead atoms. The van der Waals surface area contributed by atoms with Gasteiger partial charge in [0, 0.05) is 50.4 Å². The zero-order valence-corrected chi connectivity index (χ0v) is 55.0. The number of esters is 4. The molecule has 4 N–H and O–H groups in total. The van der Waals surface area contributed by atoms with Crippen LogP contribution < -0.4 is 20.9 Å². The number of Topliss-reactive ketones (excluding diaryl/α,β-unsaturated/α-hetero) is 2. The second kappa shape index (κ2) is 31.6. The summed E-state index contributed by atoms with van der Waals surface area (Å²) in [5.41, 5.74) is 8.31. The molecule has 4 aromatic carbocycles. The largest absolute Gasteiger partial charge is 0.458 e. The van der Waals surface area contributed by atoms with Crippen LogP contribution in [0.2, 0.25) is 0 Å². The van der Waals surface area contributed by atoms with E-state index in [9.17, 15) is 38.4 Å². The Hall–Kier alpha value is -8.02. The molecule has 0 radical (unpaired) electrons. The van der Waals surface area contributed by atoms with Crippen molar-refractivity contribution in [1.29, 1.82) is 0 Å². The molecular formula is C62H84N6O20S2.